The van der Waals surface area contributed by atoms with E-state index in [4.69, 9.17) is 4.18 Å². The smallest absolute Gasteiger partial charge is 0.298 e. The van der Waals surface area contributed by atoms with E-state index in [1.54, 1.807) is 18.2 Å². The van der Waals surface area contributed by atoms with Crippen LogP contribution in [0.25, 0.3) is 0 Å². The average Bonchev–Trinajstić information content (AvgIpc) is 2.89. The summed E-state index contributed by atoms with van der Waals surface area (Å²) in [6.45, 7) is 0. The topological polar surface area (TPSA) is 118 Å². The van der Waals surface area contributed by atoms with E-state index in [0.717, 1.165) is 6.08 Å². The molecule has 27 heavy (non-hydrogen) atoms. The van der Waals surface area contributed by atoms with Crippen LogP contribution in [0.1, 0.15) is 17.5 Å². The third-order valence-corrected chi connectivity index (χ3v) is 6.26. The van der Waals surface area contributed by atoms with Crippen molar-refractivity contribution in [2.24, 2.45) is 5.92 Å². The van der Waals surface area contributed by atoms with Crippen molar-refractivity contribution in [1.29, 1.82) is 0 Å². The molecule has 0 bridgehead atoms. The van der Waals surface area contributed by atoms with Gasteiger partial charge in [0.05, 0.1) is 0 Å². The third-order valence-electron chi connectivity index (χ3n) is 4.88. The molecular weight excluding hydrogens is 372 g/mol. The summed E-state index contributed by atoms with van der Waals surface area (Å²) in [5, 5.41) is 19.6. The van der Waals surface area contributed by atoms with Gasteiger partial charge in [-0.15, -0.1) is 0 Å². The van der Waals surface area contributed by atoms with Gasteiger partial charge in [0.2, 0.25) is 11.6 Å². The van der Waals surface area contributed by atoms with Crippen molar-refractivity contribution >= 4 is 21.7 Å². The van der Waals surface area contributed by atoms with Crippen LogP contribution in [-0.2, 0) is 29.5 Å². The maximum absolute atomic E-state index is 12.7. The second-order valence-corrected chi connectivity index (χ2v) is 7.94. The molecule has 0 radical (unpaired) electrons. The van der Waals surface area contributed by atoms with Crippen molar-refractivity contribution in [2.45, 2.75) is 16.9 Å². The molecular formula is C19H14O7S. The molecule has 0 amide bonds. The first-order valence-corrected chi connectivity index (χ1v) is 9.49. The minimum absolute atomic E-state index is 0.0460. The number of rotatable bonds is 2. The van der Waals surface area contributed by atoms with Gasteiger partial charge < -0.3 is 10.2 Å². The number of aromatic hydroxyl groups is 2. The van der Waals surface area contributed by atoms with E-state index in [1.807, 2.05) is 0 Å². The van der Waals surface area contributed by atoms with Gasteiger partial charge in [-0.25, -0.2) is 4.18 Å². The van der Waals surface area contributed by atoms with Gasteiger partial charge >= 0.3 is 0 Å². The molecule has 2 N–H and O–H groups in total. The predicted molar refractivity (Wildman–Crippen MR) is 92.5 cm³/mol. The number of hydrogen-bond donors (Lipinski definition) is 2. The molecule has 0 fully saturated rings. The first-order chi connectivity index (χ1) is 12.8. The summed E-state index contributed by atoms with van der Waals surface area (Å²) in [5.41, 5.74) is -1.11. The first kappa shape index (κ1) is 17.4. The minimum atomic E-state index is -4.14. The average molecular weight is 386 g/mol. The second-order valence-electron chi connectivity index (χ2n) is 6.43. The minimum Gasteiger partial charge on any atom is -0.504 e. The highest BCUT2D eigenvalue weighted by molar-refractivity contribution is 7.87. The second kappa shape index (κ2) is 5.77. The number of carbonyl (C=O) groups excluding carboxylic acids is 2. The Hall–Kier alpha value is -2.97. The number of phenolic OH excluding ortho intramolecular Hbond substituents is 2. The molecule has 2 atom stereocenters. The molecule has 2 aliphatic rings. The van der Waals surface area contributed by atoms with E-state index in [-0.39, 0.29) is 22.6 Å². The van der Waals surface area contributed by atoms with Crippen LogP contribution in [0, 0.1) is 5.92 Å². The van der Waals surface area contributed by atoms with E-state index in [2.05, 4.69) is 0 Å². The summed E-state index contributed by atoms with van der Waals surface area (Å²) >= 11 is 0. The van der Waals surface area contributed by atoms with Crippen LogP contribution >= 0.6 is 0 Å². The van der Waals surface area contributed by atoms with Crippen LogP contribution in [0.4, 0.5) is 0 Å². The quantitative estimate of drug-likeness (QED) is 0.459. The summed E-state index contributed by atoms with van der Waals surface area (Å²) in [6.07, 6.45) is 2.31. The molecule has 1 aliphatic carbocycles. The molecule has 0 spiro atoms. The van der Waals surface area contributed by atoms with Crippen molar-refractivity contribution in [3.05, 3.63) is 65.7 Å². The fourth-order valence-corrected chi connectivity index (χ4v) is 5.11. The molecule has 7 nitrogen and oxygen atoms in total. The van der Waals surface area contributed by atoms with Crippen molar-refractivity contribution in [3.8, 4) is 11.5 Å². The number of carbonyl (C=O) groups is 2. The number of fused-ring (bicyclic) bond motifs is 1. The molecule has 1 aliphatic heterocycles. The molecule has 0 saturated carbocycles. The number of ketones is 2. The fraction of sp³-hybridized carbons (Fsp3) is 0.158. The van der Waals surface area contributed by atoms with E-state index in [0.29, 0.717) is 5.56 Å². The largest absolute Gasteiger partial charge is 0.504 e. The summed E-state index contributed by atoms with van der Waals surface area (Å²) in [5.74, 6) is -2.96. The van der Waals surface area contributed by atoms with Crippen molar-refractivity contribution < 1.29 is 32.4 Å². The van der Waals surface area contributed by atoms with Crippen LogP contribution in [0.5, 0.6) is 11.5 Å². The summed E-state index contributed by atoms with van der Waals surface area (Å²) < 4.78 is 30.9. The number of phenols is 2. The summed E-state index contributed by atoms with van der Waals surface area (Å²) in [6, 6.07) is 9.98. The normalized spacial score (nSPS) is 26.1. The van der Waals surface area contributed by atoms with Crippen LogP contribution in [0.2, 0.25) is 0 Å². The molecule has 2 aromatic rings. The fourth-order valence-electron chi connectivity index (χ4n) is 3.63. The lowest BCUT2D eigenvalue weighted by Gasteiger charge is -2.36. The number of benzene rings is 2. The van der Waals surface area contributed by atoms with E-state index >= 15 is 0 Å². The van der Waals surface area contributed by atoms with Crippen LogP contribution in [0.15, 0.2) is 59.5 Å². The third kappa shape index (κ3) is 2.48. The van der Waals surface area contributed by atoms with Gasteiger partial charge in [0.25, 0.3) is 10.1 Å². The summed E-state index contributed by atoms with van der Waals surface area (Å²) in [7, 11) is -4.14. The maximum Gasteiger partial charge on any atom is 0.298 e. The van der Waals surface area contributed by atoms with Gasteiger partial charge in [0.1, 0.15) is 10.5 Å². The Bertz CT molecular complexity index is 1120. The highest BCUT2D eigenvalue weighted by Crippen LogP contribution is 2.53. The number of allylic oxidation sites excluding steroid dienone is 1. The highest BCUT2D eigenvalue weighted by Gasteiger charge is 2.55. The zero-order valence-electron chi connectivity index (χ0n) is 13.8. The molecule has 0 aromatic heterocycles. The number of Topliss-reactive ketones (excluding diaryl/α,β-unsaturated/α-hetero) is 1. The standard InChI is InChI=1S/C19H14O7S/c20-14-7-5-11(9-16(14)22)19(12-6-8-15(21)17(23)10-12)13-3-1-2-4-18(13)27(24,25)26-19/h1-9,12,20,22H,10H2/t12-,19+/m1/s1. The summed E-state index contributed by atoms with van der Waals surface area (Å²) in [4.78, 5) is 23.6. The highest BCUT2D eigenvalue weighted by atomic mass is 32.2. The van der Waals surface area contributed by atoms with Gasteiger partial charge in [-0.05, 0) is 29.8 Å². The van der Waals surface area contributed by atoms with Gasteiger partial charge in [-0.1, -0.05) is 30.3 Å². The van der Waals surface area contributed by atoms with E-state index in [1.165, 1.54) is 30.3 Å². The lowest BCUT2D eigenvalue weighted by molar-refractivity contribution is -0.135. The SMILES string of the molecule is O=C1C=C[C@@H]([C@]2(c3ccc(O)c(O)c3)OS(=O)(=O)c3ccccc32)CC1=O. The van der Waals surface area contributed by atoms with Gasteiger partial charge in [0, 0.05) is 17.9 Å². The lowest BCUT2D eigenvalue weighted by atomic mass is 9.72. The van der Waals surface area contributed by atoms with Crippen molar-refractivity contribution in [3.63, 3.8) is 0 Å². The Morgan fingerprint density at radius 2 is 1.78 bits per heavy atom. The Labute approximate surface area is 154 Å². The molecule has 0 saturated heterocycles. The van der Waals surface area contributed by atoms with Gasteiger partial charge in [0.15, 0.2) is 11.5 Å². The number of hydrogen-bond acceptors (Lipinski definition) is 7. The van der Waals surface area contributed by atoms with Crippen molar-refractivity contribution in [1.82, 2.24) is 0 Å². The van der Waals surface area contributed by atoms with Crippen LogP contribution < -0.4 is 0 Å². The zero-order chi connectivity index (χ0) is 19.4. The van der Waals surface area contributed by atoms with Gasteiger partial charge in [-0.2, -0.15) is 8.42 Å². The lowest BCUT2D eigenvalue weighted by Crippen LogP contribution is -2.39. The zero-order valence-corrected chi connectivity index (χ0v) is 14.6. The molecule has 0 unspecified atom stereocenters. The van der Waals surface area contributed by atoms with Crippen molar-refractivity contribution in [2.75, 3.05) is 0 Å². The van der Waals surface area contributed by atoms with Gasteiger partial charge in [-0.3, -0.25) is 9.59 Å². The molecule has 4 rings (SSSR count). The predicted octanol–water partition coefficient (Wildman–Crippen LogP) is 1.77. The van der Waals surface area contributed by atoms with Crippen LogP contribution in [-0.4, -0.2) is 30.2 Å². The Balaban J connectivity index is 2.03. The first-order valence-electron chi connectivity index (χ1n) is 8.08. The van der Waals surface area contributed by atoms with Crippen LogP contribution in [0.3, 0.4) is 0 Å². The molecule has 8 heteroatoms. The van der Waals surface area contributed by atoms with E-state index < -0.39 is 39.0 Å². The van der Waals surface area contributed by atoms with E-state index in [9.17, 15) is 28.2 Å². The Morgan fingerprint density at radius 3 is 2.48 bits per heavy atom. The monoisotopic (exact) mass is 386 g/mol. The maximum atomic E-state index is 12.7. The Kier molecular flexibility index (Phi) is 3.72. The Morgan fingerprint density at radius 1 is 1.04 bits per heavy atom. The molecule has 1 heterocycles. The molecule has 138 valence electrons. The molecule has 2 aromatic carbocycles.